The normalized spacial score (nSPS) is 10.5. The number of hydrogen-bond acceptors (Lipinski definition) is 6. The van der Waals surface area contributed by atoms with Crippen molar-refractivity contribution in [2.75, 3.05) is 35.6 Å². The van der Waals surface area contributed by atoms with Crippen molar-refractivity contribution in [3.8, 4) is 0 Å². The summed E-state index contributed by atoms with van der Waals surface area (Å²) in [6.45, 7) is 3.60. The minimum atomic E-state index is -0.268. The van der Waals surface area contributed by atoms with E-state index in [0.717, 1.165) is 5.56 Å². The van der Waals surface area contributed by atoms with Gasteiger partial charge in [0.05, 0.1) is 6.61 Å². The van der Waals surface area contributed by atoms with E-state index in [1.807, 2.05) is 11.8 Å². The van der Waals surface area contributed by atoms with Crippen LogP contribution in [0.2, 0.25) is 0 Å². The topological polar surface area (TPSA) is 87.3 Å². The number of benzene rings is 1. The lowest BCUT2D eigenvalue weighted by Gasteiger charge is -2.23. The van der Waals surface area contributed by atoms with Gasteiger partial charge in [0, 0.05) is 19.6 Å². The van der Waals surface area contributed by atoms with Crippen molar-refractivity contribution in [1.29, 1.82) is 0 Å². The number of aromatic nitrogens is 2. The largest absolute Gasteiger partial charge is 0.395 e. The first-order valence-corrected chi connectivity index (χ1v) is 7.10. The molecule has 2 aromatic rings. The van der Waals surface area contributed by atoms with Crippen molar-refractivity contribution < 1.29 is 9.50 Å². The molecule has 0 bridgehead atoms. The highest BCUT2D eigenvalue weighted by molar-refractivity contribution is 5.74. The zero-order valence-corrected chi connectivity index (χ0v) is 12.5. The van der Waals surface area contributed by atoms with Gasteiger partial charge in [-0.2, -0.15) is 0 Å². The standard InChI is InChI=1S/C15H20FN5O/c1-2-21(7-8-22)15-13(17)14(19-10-20-15)18-9-11-3-5-12(16)6-4-11/h3-6,10,22H,2,7-9,17H2,1H3,(H,18,19,20). The van der Waals surface area contributed by atoms with Gasteiger partial charge < -0.3 is 21.1 Å². The number of aliphatic hydroxyl groups excluding tert-OH is 1. The van der Waals surface area contributed by atoms with Gasteiger partial charge in [0.2, 0.25) is 0 Å². The molecule has 0 amide bonds. The number of hydrogen-bond donors (Lipinski definition) is 3. The molecule has 6 nitrogen and oxygen atoms in total. The van der Waals surface area contributed by atoms with E-state index in [0.29, 0.717) is 37.0 Å². The van der Waals surface area contributed by atoms with Crippen molar-refractivity contribution in [1.82, 2.24) is 9.97 Å². The highest BCUT2D eigenvalue weighted by Gasteiger charge is 2.13. The molecule has 1 aromatic carbocycles. The summed E-state index contributed by atoms with van der Waals surface area (Å²) < 4.78 is 12.9. The molecule has 4 N–H and O–H groups in total. The van der Waals surface area contributed by atoms with Crippen molar-refractivity contribution in [3.05, 3.63) is 42.0 Å². The van der Waals surface area contributed by atoms with Crippen LogP contribution in [0.5, 0.6) is 0 Å². The number of aliphatic hydroxyl groups is 1. The van der Waals surface area contributed by atoms with Gasteiger partial charge in [-0.1, -0.05) is 12.1 Å². The van der Waals surface area contributed by atoms with Gasteiger partial charge >= 0.3 is 0 Å². The fraction of sp³-hybridized carbons (Fsp3) is 0.333. The number of halogens is 1. The van der Waals surface area contributed by atoms with Gasteiger partial charge in [-0.15, -0.1) is 0 Å². The molecule has 0 aliphatic heterocycles. The Morgan fingerprint density at radius 3 is 2.64 bits per heavy atom. The number of rotatable bonds is 7. The second-order valence-corrected chi connectivity index (χ2v) is 4.74. The monoisotopic (exact) mass is 305 g/mol. The molecule has 0 aliphatic carbocycles. The van der Waals surface area contributed by atoms with E-state index >= 15 is 0 Å². The molecule has 0 radical (unpaired) electrons. The number of nitrogen functional groups attached to an aromatic ring is 1. The number of nitrogens with zero attached hydrogens (tertiary/aromatic N) is 3. The Balaban J connectivity index is 2.12. The fourth-order valence-electron chi connectivity index (χ4n) is 2.10. The first kappa shape index (κ1) is 16.0. The van der Waals surface area contributed by atoms with Crippen molar-refractivity contribution in [3.63, 3.8) is 0 Å². The second kappa shape index (κ2) is 7.56. The van der Waals surface area contributed by atoms with Crippen molar-refractivity contribution in [2.24, 2.45) is 0 Å². The first-order chi connectivity index (χ1) is 10.7. The third kappa shape index (κ3) is 3.82. The fourth-order valence-corrected chi connectivity index (χ4v) is 2.10. The molecule has 0 spiro atoms. The van der Waals surface area contributed by atoms with Crippen molar-refractivity contribution >= 4 is 17.3 Å². The zero-order chi connectivity index (χ0) is 15.9. The first-order valence-electron chi connectivity index (χ1n) is 7.10. The molecular formula is C15H20FN5O. The van der Waals surface area contributed by atoms with E-state index < -0.39 is 0 Å². The van der Waals surface area contributed by atoms with Crippen LogP contribution in [-0.2, 0) is 6.54 Å². The predicted molar refractivity (Wildman–Crippen MR) is 85.1 cm³/mol. The van der Waals surface area contributed by atoms with Crippen molar-refractivity contribution in [2.45, 2.75) is 13.5 Å². The van der Waals surface area contributed by atoms with E-state index in [2.05, 4.69) is 15.3 Å². The lowest BCUT2D eigenvalue weighted by Crippen LogP contribution is -2.28. The Hall–Kier alpha value is -2.41. The molecule has 0 atom stereocenters. The van der Waals surface area contributed by atoms with Crippen LogP contribution in [0.15, 0.2) is 30.6 Å². The lowest BCUT2D eigenvalue weighted by atomic mass is 10.2. The van der Waals surface area contributed by atoms with E-state index in [1.165, 1.54) is 18.5 Å². The van der Waals surface area contributed by atoms with Crippen LogP contribution in [0.25, 0.3) is 0 Å². The SMILES string of the molecule is CCN(CCO)c1ncnc(NCc2ccc(F)cc2)c1N. The molecule has 0 saturated heterocycles. The molecule has 2 rings (SSSR count). The van der Waals surface area contributed by atoms with E-state index in [9.17, 15) is 4.39 Å². The maximum absolute atomic E-state index is 12.9. The molecule has 22 heavy (non-hydrogen) atoms. The Bertz CT molecular complexity index is 605. The third-order valence-corrected chi connectivity index (χ3v) is 3.29. The zero-order valence-electron chi connectivity index (χ0n) is 12.5. The van der Waals surface area contributed by atoms with Gasteiger partial charge in [0.25, 0.3) is 0 Å². The number of likely N-dealkylation sites (N-methyl/N-ethyl adjacent to an activating group) is 1. The smallest absolute Gasteiger partial charge is 0.157 e. The molecule has 1 aromatic heterocycles. The van der Waals surface area contributed by atoms with Gasteiger partial charge in [0.1, 0.15) is 17.8 Å². The Kier molecular flexibility index (Phi) is 5.48. The van der Waals surface area contributed by atoms with Crippen LogP contribution in [0.4, 0.5) is 21.7 Å². The number of anilines is 3. The van der Waals surface area contributed by atoms with Crippen LogP contribution in [0.1, 0.15) is 12.5 Å². The van der Waals surface area contributed by atoms with Crippen LogP contribution < -0.4 is 16.0 Å². The van der Waals surface area contributed by atoms with E-state index in [4.69, 9.17) is 10.8 Å². The van der Waals surface area contributed by atoms with Crippen LogP contribution in [-0.4, -0.2) is 34.8 Å². The van der Waals surface area contributed by atoms with Gasteiger partial charge in [-0.3, -0.25) is 0 Å². The van der Waals surface area contributed by atoms with Crippen LogP contribution in [0.3, 0.4) is 0 Å². The van der Waals surface area contributed by atoms with E-state index in [1.54, 1.807) is 12.1 Å². The second-order valence-electron chi connectivity index (χ2n) is 4.74. The minimum absolute atomic E-state index is 0.0234. The Morgan fingerprint density at radius 1 is 1.27 bits per heavy atom. The molecule has 0 fully saturated rings. The molecule has 0 aliphatic rings. The molecule has 0 unspecified atom stereocenters. The van der Waals surface area contributed by atoms with Crippen LogP contribution >= 0.6 is 0 Å². The average Bonchev–Trinajstić information content (AvgIpc) is 2.53. The minimum Gasteiger partial charge on any atom is -0.395 e. The van der Waals surface area contributed by atoms with E-state index in [-0.39, 0.29) is 12.4 Å². The maximum atomic E-state index is 12.9. The van der Waals surface area contributed by atoms with Gasteiger partial charge in [0.15, 0.2) is 11.6 Å². The third-order valence-electron chi connectivity index (χ3n) is 3.29. The summed E-state index contributed by atoms with van der Waals surface area (Å²) >= 11 is 0. The summed E-state index contributed by atoms with van der Waals surface area (Å²) in [5.74, 6) is 0.842. The molecule has 7 heteroatoms. The summed E-state index contributed by atoms with van der Waals surface area (Å²) in [6, 6.07) is 6.22. The summed E-state index contributed by atoms with van der Waals surface area (Å²) in [5, 5.41) is 12.2. The highest BCUT2D eigenvalue weighted by atomic mass is 19.1. The Labute approximate surface area is 128 Å². The summed E-state index contributed by atoms with van der Waals surface area (Å²) in [4.78, 5) is 10.2. The summed E-state index contributed by atoms with van der Waals surface area (Å²) in [5.41, 5.74) is 7.46. The maximum Gasteiger partial charge on any atom is 0.157 e. The summed E-state index contributed by atoms with van der Waals surface area (Å²) in [7, 11) is 0. The number of nitrogens with one attached hydrogen (secondary N) is 1. The Morgan fingerprint density at radius 2 is 2.00 bits per heavy atom. The molecular weight excluding hydrogens is 285 g/mol. The lowest BCUT2D eigenvalue weighted by molar-refractivity contribution is 0.302. The van der Waals surface area contributed by atoms with Gasteiger partial charge in [-0.05, 0) is 24.6 Å². The number of nitrogens with two attached hydrogens (primary N) is 1. The molecule has 118 valence electrons. The van der Waals surface area contributed by atoms with Crippen LogP contribution in [0, 0.1) is 5.82 Å². The molecule has 0 saturated carbocycles. The predicted octanol–water partition coefficient (Wildman–Crippen LogP) is 1.63. The highest BCUT2D eigenvalue weighted by Crippen LogP contribution is 2.26. The summed E-state index contributed by atoms with van der Waals surface area (Å²) in [6.07, 6.45) is 1.43. The quantitative estimate of drug-likeness (QED) is 0.720. The average molecular weight is 305 g/mol. The van der Waals surface area contributed by atoms with Gasteiger partial charge in [-0.25, -0.2) is 14.4 Å². The molecule has 1 heterocycles.